The predicted octanol–water partition coefficient (Wildman–Crippen LogP) is 0.418. The molecule has 0 bridgehead atoms. The van der Waals surface area contributed by atoms with Crippen LogP contribution in [0, 0.1) is 0 Å². The maximum Gasteiger partial charge on any atom is 0.284 e. The van der Waals surface area contributed by atoms with Crippen molar-refractivity contribution >= 4 is 29.5 Å². The molecular formula is C15H11N7O. The van der Waals surface area contributed by atoms with Crippen LogP contribution in [0.15, 0.2) is 57.1 Å². The average molecular weight is 305 g/mol. The summed E-state index contributed by atoms with van der Waals surface area (Å²) in [5.74, 6) is -0.271. The van der Waals surface area contributed by atoms with E-state index in [0.717, 1.165) is 5.56 Å². The Hall–Kier alpha value is -3.42. The molecule has 0 saturated heterocycles. The van der Waals surface area contributed by atoms with Gasteiger partial charge >= 0.3 is 0 Å². The van der Waals surface area contributed by atoms with Crippen LogP contribution in [-0.2, 0) is 11.3 Å². The number of aromatic nitrogens is 3. The zero-order valence-electron chi connectivity index (χ0n) is 11.9. The van der Waals surface area contributed by atoms with Gasteiger partial charge < -0.3 is 5.73 Å². The monoisotopic (exact) mass is 305 g/mol. The van der Waals surface area contributed by atoms with Gasteiger partial charge in [-0.15, -0.1) is 5.10 Å². The fourth-order valence-electron chi connectivity index (χ4n) is 2.43. The van der Waals surface area contributed by atoms with E-state index in [0.29, 0.717) is 23.4 Å². The summed E-state index contributed by atoms with van der Waals surface area (Å²) < 4.78 is 1.70. The summed E-state index contributed by atoms with van der Waals surface area (Å²) in [6, 6.07) is 9.90. The third-order valence-electron chi connectivity index (χ3n) is 3.46. The number of amidine groups is 1. The lowest BCUT2D eigenvalue weighted by Gasteiger charge is -2.05. The highest BCUT2D eigenvalue weighted by Gasteiger charge is 2.29. The van der Waals surface area contributed by atoms with Crippen LogP contribution >= 0.6 is 0 Å². The number of guanidine groups is 1. The molecule has 1 aromatic heterocycles. The molecule has 0 radical (unpaired) electrons. The Kier molecular flexibility index (Phi) is 2.94. The highest BCUT2D eigenvalue weighted by molar-refractivity contribution is 6.42. The maximum absolute atomic E-state index is 12.0. The van der Waals surface area contributed by atoms with E-state index >= 15 is 0 Å². The molecule has 0 fully saturated rings. The number of nitrogens with two attached hydrogens (primary N) is 1. The van der Waals surface area contributed by atoms with Gasteiger partial charge in [-0.05, 0) is 5.56 Å². The highest BCUT2D eigenvalue weighted by atomic mass is 16.1. The number of fused-ring (bicyclic) bond motifs is 1. The smallest absolute Gasteiger partial charge is 0.284 e. The van der Waals surface area contributed by atoms with Crippen LogP contribution in [0.25, 0.3) is 5.57 Å². The summed E-state index contributed by atoms with van der Waals surface area (Å²) in [5.41, 5.74) is 8.00. The number of hydrogen-bond acceptors (Lipinski definition) is 6. The topological polar surface area (TPSA) is 111 Å². The van der Waals surface area contributed by atoms with E-state index in [-0.39, 0.29) is 11.8 Å². The van der Waals surface area contributed by atoms with Crippen molar-refractivity contribution in [2.24, 2.45) is 20.7 Å². The second-order valence-electron chi connectivity index (χ2n) is 5.04. The molecule has 4 rings (SSSR count). The Morgan fingerprint density at radius 3 is 2.78 bits per heavy atom. The molecule has 0 atom stereocenters. The zero-order valence-corrected chi connectivity index (χ0v) is 11.9. The van der Waals surface area contributed by atoms with Gasteiger partial charge in [0.1, 0.15) is 5.69 Å². The van der Waals surface area contributed by atoms with Crippen LogP contribution in [-0.4, -0.2) is 38.9 Å². The number of carbonyl (C=O) groups is 1. The summed E-state index contributed by atoms with van der Waals surface area (Å²) in [7, 11) is 0. The number of aliphatic imine (C=N–C) groups is 3. The Balaban J connectivity index is 1.67. The van der Waals surface area contributed by atoms with E-state index in [2.05, 4.69) is 25.3 Å². The number of benzene rings is 1. The highest BCUT2D eigenvalue weighted by Crippen LogP contribution is 2.24. The lowest BCUT2D eigenvalue weighted by molar-refractivity contribution is -0.113. The van der Waals surface area contributed by atoms with E-state index in [1.807, 2.05) is 30.3 Å². The number of nitrogens with zero attached hydrogens (tertiary/aromatic N) is 6. The van der Waals surface area contributed by atoms with Crippen LogP contribution in [0.5, 0.6) is 0 Å². The minimum absolute atomic E-state index is 0.0834. The second-order valence-corrected chi connectivity index (χ2v) is 5.04. The van der Waals surface area contributed by atoms with Gasteiger partial charge in [0.25, 0.3) is 5.91 Å². The second kappa shape index (κ2) is 5.09. The number of amides is 1. The zero-order chi connectivity index (χ0) is 15.8. The quantitative estimate of drug-likeness (QED) is 0.885. The first-order valence-corrected chi connectivity index (χ1v) is 6.91. The SMILES string of the molecule is NC1=NC(=O)C2=C(c3cn(Cc4ccccc4)nn3)C=NC2=N1. The van der Waals surface area contributed by atoms with Gasteiger partial charge in [0.2, 0.25) is 5.96 Å². The van der Waals surface area contributed by atoms with Gasteiger partial charge in [-0.3, -0.25) is 4.79 Å². The van der Waals surface area contributed by atoms with Crippen molar-refractivity contribution < 1.29 is 4.79 Å². The van der Waals surface area contributed by atoms with Crippen molar-refractivity contribution in [1.29, 1.82) is 0 Å². The van der Waals surface area contributed by atoms with Crippen molar-refractivity contribution in [3.05, 3.63) is 53.4 Å². The molecule has 8 heteroatoms. The minimum atomic E-state index is -0.461. The van der Waals surface area contributed by atoms with E-state index in [4.69, 9.17) is 5.73 Å². The average Bonchev–Trinajstić information content (AvgIpc) is 3.15. The molecule has 1 aromatic carbocycles. The van der Waals surface area contributed by atoms with E-state index in [9.17, 15) is 4.79 Å². The third kappa shape index (κ3) is 2.35. The Labute approximate surface area is 130 Å². The molecule has 2 aliphatic heterocycles. The largest absolute Gasteiger partial charge is 0.368 e. The normalized spacial score (nSPS) is 16.4. The van der Waals surface area contributed by atoms with Crippen molar-refractivity contribution in [1.82, 2.24) is 15.0 Å². The van der Waals surface area contributed by atoms with E-state index < -0.39 is 5.91 Å². The van der Waals surface area contributed by atoms with Crippen LogP contribution in [0.4, 0.5) is 0 Å². The first-order chi connectivity index (χ1) is 11.2. The molecule has 8 nitrogen and oxygen atoms in total. The summed E-state index contributed by atoms with van der Waals surface area (Å²) >= 11 is 0. The molecule has 3 heterocycles. The Morgan fingerprint density at radius 2 is 1.96 bits per heavy atom. The summed E-state index contributed by atoms with van der Waals surface area (Å²) in [5, 5.41) is 8.21. The molecule has 0 unspecified atom stereocenters. The molecule has 2 N–H and O–H groups in total. The summed E-state index contributed by atoms with van der Waals surface area (Å²) in [6.07, 6.45) is 3.30. The molecule has 2 aliphatic rings. The van der Waals surface area contributed by atoms with Crippen LogP contribution in [0.1, 0.15) is 11.3 Å². The number of allylic oxidation sites excluding steroid dienone is 1. The predicted molar refractivity (Wildman–Crippen MR) is 85.0 cm³/mol. The van der Waals surface area contributed by atoms with Gasteiger partial charge in [-0.2, -0.15) is 9.98 Å². The van der Waals surface area contributed by atoms with Gasteiger partial charge in [-0.1, -0.05) is 35.5 Å². The molecule has 23 heavy (non-hydrogen) atoms. The summed E-state index contributed by atoms with van der Waals surface area (Å²) in [6.45, 7) is 0.591. The van der Waals surface area contributed by atoms with Gasteiger partial charge in [0.15, 0.2) is 5.84 Å². The minimum Gasteiger partial charge on any atom is -0.368 e. The van der Waals surface area contributed by atoms with Crippen molar-refractivity contribution in [2.45, 2.75) is 6.54 Å². The molecular weight excluding hydrogens is 294 g/mol. The van der Waals surface area contributed by atoms with Crippen LogP contribution < -0.4 is 5.73 Å². The molecule has 0 aliphatic carbocycles. The standard InChI is InChI=1S/C15H11N7O/c16-15-18-13-12(14(23)19-15)10(6-17-13)11-8-22(21-20-11)7-9-4-2-1-3-5-9/h1-6,8H,7H2,(H2,16,19,23). The van der Waals surface area contributed by atoms with Crippen molar-refractivity contribution in [3.63, 3.8) is 0 Å². The Morgan fingerprint density at radius 1 is 1.13 bits per heavy atom. The van der Waals surface area contributed by atoms with Gasteiger partial charge in [0.05, 0.1) is 18.3 Å². The van der Waals surface area contributed by atoms with Crippen molar-refractivity contribution in [3.8, 4) is 0 Å². The van der Waals surface area contributed by atoms with Crippen molar-refractivity contribution in [2.75, 3.05) is 0 Å². The Bertz CT molecular complexity index is 918. The molecule has 0 spiro atoms. The lowest BCUT2D eigenvalue weighted by atomic mass is 10.1. The maximum atomic E-state index is 12.0. The summed E-state index contributed by atoms with van der Waals surface area (Å²) in [4.78, 5) is 23.7. The molecule has 0 saturated carbocycles. The number of hydrogen-bond donors (Lipinski definition) is 1. The van der Waals surface area contributed by atoms with Gasteiger partial charge in [0, 0.05) is 11.8 Å². The number of carbonyl (C=O) groups excluding carboxylic acids is 1. The molecule has 2 aromatic rings. The third-order valence-corrected chi connectivity index (χ3v) is 3.46. The van der Waals surface area contributed by atoms with Crippen LogP contribution in [0.2, 0.25) is 0 Å². The first-order valence-electron chi connectivity index (χ1n) is 6.91. The van der Waals surface area contributed by atoms with Crippen LogP contribution in [0.3, 0.4) is 0 Å². The molecule has 1 amide bonds. The fraction of sp³-hybridized carbons (Fsp3) is 0.0667. The van der Waals surface area contributed by atoms with E-state index in [1.165, 1.54) is 6.21 Å². The number of rotatable bonds is 3. The first kappa shape index (κ1) is 13.3. The fourth-order valence-corrected chi connectivity index (χ4v) is 2.43. The van der Waals surface area contributed by atoms with Gasteiger partial charge in [-0.25, -0.2) is 9.67 Å². The lowest BCUT2D eigenvalue weighted by Crippen LogP contribution is -2.22. The molecule has 112 valence electrons. The van der Waals surface area contributed by atoms with E-state index in [1.54, 1.807) is 10.9 Å².